The summed E-state index contributed by atoms with van der Waals surface area (Å²) in [5.41, 5.74) is 0.650. The first-order valence-corrected chi connectivity index (χ1v) is 5.09. The van der Waals surface area contributed by atoms with Gasteiger partial charge in [0.05, 0.1) is 0 Å². The van der Waals surface area contributed by atoms with E-state index < -0.39 is 17.9 Å². The van der Waals surface area contributed by atoms with E-state index in [0.29, 0.717) is 10.0 Å². The zero-order valence-corrected chi connectivity index (χ0v) is 9.02. The Morgan fingerprint density at radius 2 is 2.00 bits per heavy atom. The minimum atomic E-state index is -4.45. The molecule has 80 valence electrons. The second kappa shape index (κ2) is 3.33. The highest BCUT2D eigenvalue weighted by Crippen LogP contribution is 2.40. The molecule has 1 aromatic rings. The number of carbonyl (C=O) groups excluding carboxylic acids is 1. The number of carbonyl (C=O) groups is 1. The molecule has 2 rings (SSSR count). The highest BCUT2D eigenvalue weighted by Gasteiger charge is 2.49. The van der Waals surface area contributed by atoms with Gasteiger partial charge in [-0.05, 0) is 18.1 Å². The Bertz CT molecular complexity index is 425. The van der Waals surface area contributed by atoms with Crippen molar-refractivity contribution in [3.8, 4) is 0 Å². The van der Waals surface area contributed by atoms with Crippen LogP contribution in [0.15, 0.2) is 22.7 Å². The molecule has 0 N–H and O–H groups in total. The lowest BCUT2D eigenvalue weighted by Crippen LogP contribution is -2.27. The van der Waals surface area contributed by atoms with Gasteiger partial charge in [-0.25, -0.2) is 0 Å². The first-order valence-electron chi connectivity index (χ1n) is 4.29. The van der Waals surface area contributed by atoms with E-state index in [1.54, 1.807) is 12.1 Å². The summed E-state index contributed by atoms with van der Waals surface area (Å²) in [4.78, 5) is 11.5. The molecule has 1 aliphatic rings. The number of alkyl halides is 3. The van der Waals surface area contributed by atoms with Crippen molar-refractivity contribution in [1.82, 2.24) is 0 Å². The lowest BCUT2D eigenvalue weighted by molar-refractivity contribution is -0.158. The topological polar surface area (TPSA) is 17.1 Å². The fourth-order valence-corrected chi connectivity index (χ4v) is 2.27. The molecular weight excluding hydrogens is 273 g/mol. The van der Waals surface area contributed by atoms with Crippen LogP contribution in [0.1, 0.15) is 15.9 Å². The van der Waals surface area contributed by atoms with Gasteiger partial charge in [-0.15, -0.1) is 0 Å². The summed E-state index contributed by atoms with van der Waals surface area (Å²) in [6.45, 7) is 0. The molecule has 1 nitrogen and oxygen atoms in total. The molecule has 0 saturated heterocycles. The third-order valence-electron chi connectivity index (χ3n) is 2.50. The molecule has 1 unspecified atom stereocenters. The van der Waals surface area contributed by atoms with Crippen LogP contribution in [-0.4, -0.2) is 12.0 Å². The van der Waals surface area contributed by atoms with Gasteiger partial charge in [0.15, 0.2) is 5.78 Å². The number of Topliss-reactive ketones (excluding diaryl/α,β-unsaturated/α-hetero) is 1. The summed E-state index contributed by atoms with van der Waals surface area (Å²) in [5, 5.41) is 0. The highest BCUT2D eigenvalue weighted by atomic mass is 79.9. The Kier molecular flexibility index (Phi) is 2.37. The molecule has 0 aromatic heterocycles. The fourth-order valence-electron chi connectivity index (χ4n) is 1.75. The first kappa shape index (κ1) is 10.7. The van der Waals surface area contributed by atoms with Gasteiger partial charge in [0.2, 0.25) is 0 Å². The van der Waals surface area contributed by atoms with Crippen LogP contribution in [-0.2, 0) is 6.42 Å². The van der Waals surface area contributed by atoms with Gasteiger partial charge in [-0.2, -0.15) is 13.2 Å². The minimum absolute atomic E-state index is 0.187. The summed E-state index contributed by atoms with van der Waals surface area (Å²) in [6.07, 6.45) is -4.70. The van der Waals surface area contributed by atoms with Crippen LogP contribution in [0, 0.1) is 5.92 Å². The van der Waals surface area contributed by atoms with Crippen molar-refractivity contribution in [2.24, 2.45) is 5.92 Å². The third-order valence-corrected chi connectivity index (χ3v) is 3.25. The summed E-state index contributed by atoms with van der Waals surface area (Å²) >= 11 is 3.15. The molecule has 1 aliphatic carbocycles. The van der Waals surface area contributed by atoms with Crippen LogP contribution in [0.4, 0.5) is 13.2 Å². The van der Waals surface area contributed by atoms with E-state index >= 15 is 0 Å². The van der Waals surface area contributed by atoms with Gasteiger partial charge in [-0.1, -0.05) is 28.1 Å². The van der Waals surface area contributed by atoms with Gasteiger partial charge in [0.1, 0.15) is 5.92 Å². The van der Waals surface area contributed by atoms with Crippen LogP contribution in [0.5, 0.6) is 0 Å². The summed E-state index contributed by atoms with van der Waals surface area (Å²) in [5.74, 6) is -2.69. The fraction of sp³-hybridized carbons (Fsp3) is 0.300. The third kappa shape index (κ3) is 1.69. The molecule has 0 radical (unpaired) electrons. The van der Waals surface area contributed by atoms with E-state index in [1.807, 2.05) is 0 Å². The lowest BCUT2D eigenvalue weighted by atomic mass is 10.1. The Balaban J connectivity index is 2.46. The van der Waals surface area contributed by atoms with Crippen LogP contribution >= 0.6 is 15.9 Å². The van der Waals surface area contributed by atoms with Gasteiger partial charge < -0.3 is 0 Å². The van der Waals surface area contributed by atoms with Crippen molar-refractivity contribution in [3.05, 3.63) is 33.8 Å². The van der Waals surface area contributed by atoms with E-state index in [2.05, 4.69) is 15.9 Å². The van der Waals surface area contributed by atoms with Gasteiger partial charge in [0.25, 0.3) is 0 Å². The molecular formula is C10H6BrF3O. The number of halogens is 4. The quantitative estimate of drug-likeness (QED) is 0.711. The lowest BCUT2D eigenvalue weighted by Gasteiger charge is -2.11. The maximum absolute atomic E-state index is 12.5. The second-order valence-corrected chi connectivity index (χ2v) is 4.28. The minimum Gasteiger partial charge on any atom is -0.293 e. The van der Waals surface area contributed by atoms with E-state index in [-0.39, 0.29) is 12.0 Å². The van der Waals surface area contributed by atoms with Crippen molar-refractivity contribution in [2.75, 3.05) is 0 Å². The molecule has 5 heteroatoms. The standard InChI is InChI=1S/C10H6BrF3O/c11-8-3-1-2-5-6(8)4-7(9(5)15)10(12,13)14/h1-3,7H,4H2. The Hall–Kier alpha value is -0.840. The van der Waals surface area contributed by atoms with Crippen LogP contribution in [0.3, 0.4) is 0 Å². The SMILES string of the molecule is O=C1c2cccc(Br)c2CC1C(F)(F)F. The van der Waals surface area contributed by atoms with E-state index in [4.69, 9.17) is 0 Å². The summed E-state index contributed by atoms with van der Waals surface area (Å²) < 4.78 is 38.0. The number of hydrogen-bond acceptors (Lipinski definition) is 1. The Morgan fingerprint density at radius 3 is 2.53 bits per heavy atom. The average molecular weight is 279 g/mol. The molecule has 0 fully saturated rings. The van der Waals surface area contributed by atoms with Crippen LogP contribution in [0.25, 0.3) is 0 Å². The van der Waals surface area contributed by atoms with Gasteiger partial charge >= 0.3 is 6.18 Å². The van der Waals surface area contributed by atoms with Gasteiger partial charge in [-0.3, -0.25) is 4.79 Å². The molecule has 15 heavy (non-hydrogen) atoms. The van der Waals surface area contributed by atoms with Crippen molar-refractivity contribution < 1.29 is 18.0 Å². The molecule has 1 aromatic carbocycles. The van der Waals surface area contributed by atoms with Gasteiger partial charge in [0, 0.05) is 10.0 Å². The number of ketones is 1. The zero-order chi connectivity index (χ0) is 11.2. The predicted molar refractivity (Wildman–Crippen MR) is 51.7 cm³/mol. The average Bonchev–Trinajstić information content (AvgIpc) is 2.45. The Morgan fingerprint density at radius 1 is 1.33 bits per heavy atom. The number of hydrogen-bond donors (Lipinski definition) is 0. The maximum atomic E-state index is 12.5. The highest BCUT2D eigenvalue weighted by molar-refractivity contribution is 9.10. The Labute approximate surface area is 92.4 Å². The number of fused-ring (bicyclic) bond motifs is 1. The zero-order valence-electron chi connectivity index (χ0n) is 7.44. The van der Waals surface area contributed by atoms with E-state index in [9.17, 15) is 18.0 Å². The van der Waals surface area contributed by atoms with Crippen molar-refractivity contribution in [1.29, 1.82) is 0 Å². The van der Waals surface area contributed by atoms with Crippen molar-refractivity contribution in [2.45, 2.75) is 12.6 Å². The molecule has 0 heterocycles. The van der Waals surface area contributed by atoms with Crippen LogP contribution < -0.4 is 0 Å². The maximum Gasteiger partial charge on any atom is 0.399 e. The van der Waals surface area contributed by atoms with Crippen molar-refractivity contribution in [3.63, 3.8) is 0 Å². The molecule has 0 saturated carbocycles. The van der Waals surface area contributed by atoms with E-state index in [0.717, 1.165) is 0 Å². The largest absolute Gasteiger partial charge is 0.399 e. The number of rotatable bonds is 0. The second-order valence-electron chi connectivity index (χ2n) is 3.43. The van der Waals surface area contributed by atoms with E-state index in [1.165, 1.54) is 6.07 Å². The molecule has 0 spiro atoms. The molecule has 0 bridgehead atoms. The monoisotopic (exact) mass is 278 g/mol. The summed E-state index contributed by atoms with van der Waals surface area (Å²) in [7, 11) is 0. The number of benzene rings is 1. The molecule has 0 amide bonds. The van der Waals surface area contributed by atoms with Crippen LogP contribution in [0.2, 0.25) is 0 Å². The first-order chi connectivity index (χ1) is 6.91. The van der Waals surface area contributed by atoms with Crippen molar-refractivity contribution >= 4 is 21.7 Å². The predicted octanol–water partition coefficient (Wildman–Crippen LogP) is 3.37. The summed E-state index contributed by atoms with van der Waals surface area (Å²) in [6, 6.07) is 4.65. The normalized spacial score (nSPS) is 20.5. The molecule has 1 atom stereocenters. The molecule has 0 aliphatic heterocycles. The smallest absolute Gasteiger partial charge is 0.293 e.